The topological polar surface area (TPSA) is 165 Å². The van der Waals surface area contributed by atoms with Crippen molar-refractivity contribution in [1.29, 1.82) is 0 Å². The van der Waals surface area contributed by atoms with Crippen LogP contribution in [-0.4, -0.2) is 105 Å². The van der Waals surface area contributed by atoms with Gasteiger partial charge >= 0.3 is 11.9 Å². The highest BCUT2D eigenvalue weighted by Gasteiger charge is 2.38. The van der Waals surface area contributed by atoms with Crippen molar-refractivity contribution in [3.05, 3.63) is 123 Å². The zero-order valence-corrected chi connectivity index (χ0v) is 34.3. The highest BCUT2D eigenvalue weighted by Crippen LogP contribution is 2.41. The van der Waals surface area contributed by atoms with Crippen LogP contribution < -0.4 is 29.5 Å². The number of aromatic nitrogens is 2. The number of aliphatic imine (C=N–C) groups is 1. The zero-order chi connectivity index (χ0) is 43.3. The fraction of sp³-hybridized carbons (Fsp3) is 0.326. The van der Waals surface area contributed by atoms with Gasteiger partial charge in [-0.25, -0.2) is 18.6 Å². The third-order valence-electron chi connectivity index (χ3n) is 10.5. The molecule has 2 amide bonds. The lowest BCUT2D eigenvalue weighted by atomic mass is 10.0. The summed E-state index contributed by atoms with van der Waals surface area (Å²) in [5, 5.41) is 14.6. The number of benzene rings is 3. The van der Waals surface area contributed by atoms with E-state index in [1.807, 2.05) is 38.4 Å². The number of hydrogen-bond donors (Lipinski definition) is 1. The summed E-state index contributed by atoms with van der Waals surface area (Å²) >= 11 is 0. The molecule has 61 heavy (non-hydrogen) atoms. The fourth-order valence-corrected chi connectivity index (χ4v) is 7.48. The molecule has 0 radical (unpaired) electrons. The zero-order valence-electron chi connectivity index (χ0n) is 34.3. The maximum absolute atomic E-state index is 15.9. The average molecular weight is 839 g/mol. The number of hydrogen-bond acceptors (Lipinski definition) is 12. The maximum atomic E-state index is 15.9. The van der Waals surface area contributed by atoms with Crippen molar-refractivity contribution in [2.45, 2.75) is 25.9 Å². The van der Waals surface area contributed by atoms with E-state index in [-0.39, 0.29) is 54.4 Å². The van der Waals surface area contributed by atoms with Crippen molar-refractivity contribution >= 4 is 46.9 Å². The lowest BCUT2D eigenvalue weighted by Gasteiger charge is -2.36. The minimum Gasteiger partial charge on any atom is -0.493 e. The van der Waals surface area contributed by atoms with Crippen molar-refractivity contribution in [3.63, 3.8) is 0 Å². The number of rotatable bonds is 16. The maximum Gasteiger partial charge on any atom is 0.368 e. The van der Waals surface area contributed by atoms with Crippen LogP contribution in [0, 0.1) is 21.7 Å². The van der Waals surface area contributed by atoms with Gasteiger partial charge in [-0.3, -0.25) is 14.6 Å². The quantitative estimate of drug-likeness (QED) is 0.0591. The molecule has 3 aliphatic heterocycles. The van der Waals surface area contributed by atoms with E-state index in [1.54, 1.807) is 30.3 Å². The van der Waals surface area contributed by atoms with Crippen LogP contribution in [0.25, 0.3) is 0 Å². The van der Waals surface area contributed by atoms with E-state index in [1.165, 1.54) is 37.6 Å². The Balaban J connectivity index is 1.13. The lowest BCUT2D eigenvalue weighted by molar-refractivity contribution is -0.880. The molecule has 7 rings (SSSR count). The second-order valence-electron chi connectivity index (χ2n) is 15.4. The van der Waals surface area contributed by atoms with E-state index < -0.39 is 28.3 Å². The van der Waals surface area contributed by atoms with Crippen LogP contribution in [0.3, 0.4) is 0 Å². The number of ketones is 1. The van der Waals surface area contributed by atoms with Gasteiger partial charge in [-0.2, -0.15) is 4.98 Å². The largest absolute Gasteiger partial charge is 0.493 e. The van der Waals surface area contributed by atoms with Gasteiger partial charge in [0.25, 0.3) is 0 Å². The SMILES string of the molecule is COc1cc(OC)c(F)c(N2Cc3cnc(Nc4ccc(N5CCOCC5)cc4)nc3N(Cc3cccc(CC(=O)/C=C/C[N+](C)(C)CC4=C([N+](=O)[O-])N=CC4)c3)C2=O)c1F. The molecule has 1 fully saturated rings. The highest BCUT2D eigenvalue weighted by molar-refractivity contribution is 6.06. The summed E-state index contributed by atoms with van der Waals surface area (Å²) in [6.07, 6.45) is 6.76. The van der Waals surface area contributed by atoms with E-state index in [0.717, 1.165) is 29.7 Å². The van der Waals surface area contributed by atoms with Crippen molar-refractivity contribution in [1.82, 2.24) is 9.97 Å². The van der Waals surface area contributed by atoms with Crippen molar-refractivity contribution in [3.8, 4) is 11.5 Å². The molecular weight excluding hydrogens is 793 g/mol. The average Bonchev–Trinajstić information content (AvgIpc) is 3.71. The number of nitrogens with one attached hydrogen (secondary N) is 1. The first kappa shape index (κ1) is 42.3. The normalized spacial score (nSPS) is 15.4. The highest BCUT2D eigenvalue weighted by atomic mass is 19.1. The third kappa shape index (κ3) is 9.66. The second-order valence-corrected chi connectivity index (χ2v) is 15.4. The van der Waals surface area contributed by atoms with Gasteiger partial charge in [0, 0.05) is 55.1 Å². The van der Waals surface area contributed by atoms with Gasteiger partial charge in [0.1, 0.15) is 24.3 Å². The number of carbonyl (C=O) groups excluding carboxylic acids is 2. The summed E-state index contributed by atoms with van der Waals surface area (Å²) in [5.74, 6) is -2.66. The molecule has 0 aliphatic carbocycles. The number of fused-ring (bicyclic) bond motifs is 1. The van der Waals surface area contributed by atoms with Crippen LogP contribution in [0.15, 0.2) is 89.3 Å². The molecule has 3 aliphatic rings. The number of methoxy groups -OCH3 is 2. The van der Waals surface area contributed by atoms with Crippen molar-refractivity contribution in [2.75, 3.05) is 87.7 Å². The minimum absolute atomic E-state index is 0.0550. The van der Waals surface area contributed by atoms with Crippen LogP contribution >= 0.6 is 0 Å². The van der Waals surface area contributed by atoms with Gasteiger partial charge in [0.05, 0.1) is 66.7 Å². The first-order valence-electron chi connectivity index (χ1n) is 19.6. The van der Waals surface area contributed by atoms with Crippen molar-refractivity contribution < 1.29 is 42.0 Å². The Hall–Kier alpha value is -6.79. The van der Waals surface area contributed by atoms with E-state index in [0.29, 0.717) is 65.2 Å². The summed E-state index contributed by atoms with van der Waals surface area (Å²) in [4.78, 5) is 56.2. The predicted octanol–water partition coefficient (Wildman–Crippen LogP) is 6.21. The first-order valence-corrected chi connectivity index (χ1v) is 19.6. The number of allylic oxidation sites excluding steroid dienone is 1. The summed E-state index contributed by atoms with van der Waals surface area (Å²) in [6, 6.07) is 15.2. The monoisotopic (exact) mass is 838 g/mol. The number of nitro groups is 1. The molecule has 16 nitrogen and oxygen atoms in total. The molecule has 318 valence electrons. The second kappa shape index (κ2) is 18.2. The van der Waals surface area contributed by atoms with E-state index in [4.69, 9.17) is 19.2 Å². The smallest absolute Gasteiger partial charge is 0.368 e. The summed E-state index contributed by atoms with van der Waals surface area (Å²) in [6.45, 7) is 3.42. The molecule has 4 aromatic rings. The van der Waals surface area contributed by atoms with Crippen LogP contribution in [-0.2, 0) is 29.0 Å². The molecule has 0 saturated carbocycles. The Morgan fingerprint density at radius 3 is 2.43 bits per heavy atom. The molecule has 1 aromatic heterocycles. The number of morpholine rings is 1. The number of carbonyl (C=O) groups is 2. The van der Waals surface area contributed by atoms with E-state index in [9.17, 15) is 19.7 Å². The van der Waals surface area contributed by atoms with Gasteiger partial charge in [-0.15, -0.1) is 0 Å². The molecule has 0 spiro atoms. The third-order valence-corrected chi connectivity index (χ3v) is 10.5. The molecule has 0 bridgehead atoms. The van der Waals surface area contributed by atoms with E-state index >= 15 is 8.78 Å². The van der Waals surface area contributed by atoms with Gasteiger partial charge in [-0.05, 0) is 52.5 Å². The number of amides is 2. The van der Waals surface area contributed by atoms with Crippen LogP contribution in [0.2, 0.25) is 0 Å². The lowest BCUT2D eigenvalue weighted by Crippen LogP contribution is -2.48. The molecular formula is C43H46F2N9O7+. The molecule has 0 atom stereocenters. The van der Waals surface area contributed by atoms with Gasteiger partial charge < -0.3 is 39.0 Å². The number of nitrogens with zero attached hydrogens (tertiary/aromatic N) is 8. The molecule has 1 saturated heterocycles. The molecule has 3 aromatic carbocycles. The fourth-order valence-electron chi connectivity index (χ4n) is 7.48. The summed E-state index contributed by atoms with van der Waals surface area (Å²) in [5.41, 5.74) is 3.45. The number of anilines is 5. The number of ether oxygens (including phenoxy) is 3. The molecule has 1 N–H and O–H groups in total. The summed E-state index contributed by atoms with van der Waals surface area (Å²) in [7, 11) is 6.30. The Morgan fingerprint density at radius 1 is 1.03 bits per heavy atom. The van der Waals surface area contributed by atoms with Gasteiger partial charge in [0.15, 0.2) is 28.9 Å². The summed E-state index contributed by atoms with van der Waals surface area (Å²) < 4.78 is 48.0. The number of urea groups is 1. The number of likely N-dealkylation sites (N-methyl/N-ethyl adjacent to an activating group) is 1. The van der Waals surface area contributed by atoms with Gasteiger partial charge in [-0.1, -0.05) is 29.3 Å². The van der Waals surface area contributed by atoms with Crippen LogP contribution in [0.1, 0.15) is 23.1 Å². The Bertz CT molecular complexity index is 2390. The number of halogens is 2. The van der Waals surface area contributed by atoms with Crippen molar-refractivity contribution in [2.24, 2.45) is 4.99 Å². The first-order chi connectivity index (χ1) is 29.3. The minimum atomic E-state index is -1.08. The van der Waals surface area contributed by atoms with Crippen LogP contribution in [0.5, 0.6) is 11.5 Å². The van der Waals surface area contributed by atoms with Crippen LogP contribution in [0.4, 0.5) is 42.4 Å². The van der Waals surface area contributed by atoms with E-state index in [2.05, 4.69) is 20.2 Å². The predicted molar refractivity (Wildman–Crippen MR) is 225 cm³/mol. The molecule has 4 heterocycles. The molecule has 18 heteroatoms. The number of quaternary nitrogens is 1. The molecule has 0 unspecified atom stereocenters. The van der Waals surface area contributed by atoms with Gasteiger partial charge in [0.2, 0.25) is 5.95 Å². The Kier molecular flexibility index (Phi) is 12.6. The Morgan fingerprint density at radius 2 is 1.74 bits per heavy atom. The Labute approximate surface area is 351 Å². The standard InChI is InChI=1S/C43H46F2N9O7/c1-54(2,27-30-14-15-46-40(30)53(57)58)18-6-9-34(55)22-28-7-5-8-29(21-28)25-52-41-31(26-51(43(52)56)39-37(44)35(59-3)23-36(60-4)38(39)45)24-47-42(49-41)48-32-10-12-33(13-11-32)50-16-19-61-20-17-50/h5-13,15,21,23-24H,14,16-20,22,25-27H2,1-4H3,(H,47,48,49)/q+1/b9-6+.